The number of aliphatic hydroxyl groups is 1. The maximum Gasteiger partial charge on any atom is 0.0764 e. The van der Waals surface area contributed by atoms with Crippen molar-refractivity contribution in [3.05, 3.63) is 35.4 Å². The molecule has 0 aliphatic carbocycles. The monoisotopic (exact) mass is 219 g/mol. The van der Waals surface area contributed by atoms with E-state index in [4.69, 9.17) is 0 Å². The third-order valence-electron chi connectivity index (χ3n) is 3.41. The van der Waals surface area contributed by atoms with Crippen molar-refractivity contribution in [2.45, 2.75) is 32.3 Å². The molecule has 88 valence electrons. The Morgan fingerprint density at radius 3 is 2.94 bits per heavy atom. The Morgan fingerprint density at radius 2 is 2.25 bits per heavy atom. The molecule has 2 heteroatoms. The maximum atomic E-state index is 9.72. The van der Waals surface area contributed by atoms with Gasteiger partial charge in [-0.2, -0.15) is 0 Å². The van der Waals surface area contributed by atoms with Crippen LogP contribution in [0.2, 0.25) is 0 Å². The summed E-state index contributed by atoms with van der Waals surface area (Å²) in [5.41, 5.74) is 2.40. The lowest BCUT2D eigenvalue weighted by Crippen LogP contribution is -2.31. The molecular formula is C14H21NO. The van der Waals surface area contributed by atoms with Crippen molar-refractivity contribution in [2.75, 3.05) is 13.1 Å². The predicted molar refractivity (Wildman–Crippen MR) is 66.4 cm³/mol. The van der Waals surface area contributed by atoms with Crippen molar-refractivity contribution in [1.82, 2.24) is 5.32 Å². The minimum Gasteiger partial charge on any atom is -0.389 e. The number of benzene rings is 1. The smallest absolute Gasteiger partial charge is 0.0764 e. The highest BCUT2D eigenvalue weighted by Crippen LogP contribution is 2.23. The molecule has 1 heterocycles. The van der Waals surface area contributed by atoms with Crippen LogP contribution in [0.3, 0.4) is 0 Å². The van der Waals surface area contributed by atoms with Gasteiger partial charge in [0.05, 0.1) is 6.10 Å². The lowest BCUT2D eigenvalue weighted by molar-refractivity contribution is 0.197. The molecule has 0 aromatic heterocycles. The summed E-state index contributed by atoms with van der Waals surface area (Å²) in [6.07, 6.45) is 3.32. The molecule has 0 bridgehead atoms. The van der Waals surface area contributed by atoms with Crippen LogP contribution in [0.1, 0.15) is 37.0 Å². The molecule has 0 saturated carbocycles. The van der Waals surface area contributed by atoms with Crippen LogP contribution in [0.15, 0.2) is 24.3 Å². The number of piperidine rings is 1. The Labute approximate surface area is 97.7 Å². The molecule has 1 saturated heterocycles. The third kappa shape index (κ3) is 2.83. The van der Waals surface area contributed by atoms with E-state index in [2.05, 4.69) is 17.4 Å². The van der Waals surface area contributed by atoms with Gasteiger partial charge in [0.1, 0.15) is 0 Å². The highest BCUT2D eigenvalue weighted by molar-refractivity contribution is 5.29. The lowest BCUT2D eigenvalue weighted by Gasteiger charge is -2.24. The first-order valence-electron chi connectivity index (χ1n) is 6.24. The quantitative estimate of drug-likeness (QED) is 0.817. The van der Waals surface area contributed by atoms with Gasteiger partial charge in [0, 0.05) is 0 Å². The SMILES string of the molecule is CC(O)c1ccccc1CC1CCCNC1. The second-order valence-electron chi connectivity index (χ2n) is 4.79. The average molecular weight is 219 g/mol. The van der Waals surface area contributed by atoms with Crippen LogP contribution in [0.4, 0.5) is 0 Å². The van der Waals surface area contributed by atoms with Gasteiger partial charge in [0.15, 0.2) is 0 Å². The maximum absolute atomic E-state index is 9.72. The van der Waals surface area contributed by atoms with E-state index in [-0.39, 0.29) is 6.10 Å². The van der Waals surface area contributed by atoms with Crippen molar-refractivity contribution < 1.29 is 5.11 Å². The molecule has 0 spiro atoms. The average Bonchev–Trinajstić information content (AvgIpc) is 2.31. The van der Waals surface area contributed by atoms with E-state index in [0.717, 1.165) is 31.0 Å². The van der Waals surface area contributed by atoms with E-state index in [1.54, 1.807) is 0 Å². The lowest BCUT2D eigenvalue weighted by atomic mass is 9.89. The summed E-state index contributed by atoms with van der Waals surface area (Å²) >= 11 is 0. The molecule has 2 atom stereocenters. The molecule has 1 aliphatic rings. The number of hydrogen-bond donors (Lipinski definition) is 2. The molecule has 0 radical (unpaired) electrons. The van der Waals surface area contributed by atoms with E-state index in [9.17, 15) is 5.11 Å². The zero-order valence-electron chi connectivity index (χ0n) is 9.95. The van der Waals surface area contributed by atoms with Gasteiger partial charge in [-0.3, -0.25) is 0 Å². The van der Waals surface area contributed by atoms with Gasteiger partial charge in [-0.05, 0) is 56.3 Å². The first kappa shape index (κ1) is 11.6. The summed E-state index contributed by atoms with van der Waals surface area (Å²) in [6, 6.07) is 8.26. The van der Waals surface area contributed by atoms with Gasteiger partial charge < -0.3 is 10.4 Å². The Kier molecular flexibility index (Phi) is 3.97. The van der Waals surface area contributed by atoms with E-state index >= 15 is 0 Å². The summed E-state index contributed by atoms with van der Waals surface area (Å²) in [5.74, 6) is 0.730. The first-order valence-corrected chi connectivity index (χ1v) is 6.24. The van der Waals surface area contributed by atoms with E-state index < -0.39 is 0 Å². The summed E-state index contributed by atoms with van der Waals surface area (Å²) < 4.78 is 0. The Morgan fingerprint density at radius 1 is 1.44 bits per heavy atom. The number of hydrogen-bond acceptors (Lipinski definition) is 2. The summed E-state index contributed by atoms with van der Waals surface area (Å²) in [5, 5.41) is 13.2. The fourth-order valence-corrected chi connectivity index (χ4v) is 2.54. The number of aliphatic hydroxyl groups excluding tert-OH is 1. The van der Waals surface area contributed by atoms with Gasteiger partial charge in [-0.15, -0.1) is 0 Å². The summed E-state index contributed by atoms with van der Waals surface area (Å²) in [4.78, 5) is 0. The summed E-state index contributed by atoms with van der Waals surface area (Å²) in [6.45, 7) is 4.13. The Bertz CT molecular complexity index is 329. The Hall–Kier alpha value is -0.860. The molecule has 2 nitrogen and oxygen atoms in total. The number of rotatable bonds is 3. The van der Waals surface area contributed by atoms with Gasteiger partial charge in [-0.25, -0.2) is 0 Å². The Balaban J connectivity index is 2.07. The van der Waals surface area contributed by atoms with Crippen molar-refractivity contribution >= 4 is 0 Å². The van der Waals surface area contributed by atoms with Crippen LogP contribution in [-0.2, 0) is 6.42 Å². The molecular weight excluding hydrogens is 198 g/mol. The fourth-order valence-electron chi connectivity index (χ4n) is 2.54. The van der Waals surface area contributed by atoms with Crippen LogP contribution in [0, 0.1) is 5.92 Å². The summed E-state index contributed by atoms with van der Waals surface area (Å²) in [7, 11) is 0. The van der Waals surface area contributed by atoms with Crippen LogP contribution < -0.4 is 5.32 Å². The van der Waals surface area contributed by atoms with Crippen LogP contribution in [-0.4, -0.2) is 18.2 Å². The van der Waals surface area contributed by atoms with Crippen LogP contribution >= 0.6 is 0 Å². The molecule has 1 aromatic rings. The minimum absolute atomic E-state index is 0.354. The van der Waals surface area contributed by atoms with Gasteiger partial charge in [0.2, 0.25) is 0 Å². The first-order chi connectivity index (χ1) is 7.77. The topological polar surface area (TPSA) is 32.3 Å². The van der Waals surface area contributed by atoms with Crippen molar-refractivity contribution in [3.8, 4) is 0 Å². The van der Waals surface area contributed by atoms with Crippen molar-refractivity contribution in [2.24, 2.45) is 5.92 Å². The second kappa shape index (κ2) is 5.46. The largest absolute Gasteiger partial charge is 0.389 e. The van der Waals surface area contributed by atoms with E-state index in [1.165, 1.54) is 18.4 Å². The highest BCUT2D eigenvalue weighted by atomic mass is 16.3. The van der Waals surface area contributed by atoms with Crippen LogP contribution in [0.5, 0.6) is 0 Å². The molecule has 2 N–H and O–H groups in total. The second-order valence-corrected chi connectivity index (χ2v) is 4.79. The molecule has 1 aromatic carbocycles. The van der Waals surface area contributed by atoms with E-state index in [0.29, 0.717) is 0 Å². The predicted octanol–water partition coefficient (Wildman–Crippen LogP) is 2.28. The number of nitrogens with one attached hydrogen (secondary N) is 1. The molecule has 16 heavy (non-hydrogen) atoms. The van der Waals surface area contributed by atoms with E-state index in [1.807, 2.05) is 19.1 Å². The van der Waals surface area contributed by atoms with Crippen molar-refractivity contribution in [1.29, 1.82) is 0 Å². The third-order valence-corrected chi connectivity index (χ3v) is 3.41. The zero-order valence-corrected chi connectivity index (χ0v) is 9.95. The fraction of sp³-hybridized carbons (Fsp3) is 0.571. The van der Waals surface area contributed by atoms with Crippen LogP contribution in [0.25, 0.3) is 0 Å². The van der Waals surface area contributed by atoms with Crippen molar-refractivity contribution in [3.63, 3.8) is 0 Å². The highest BCUT2D eigenvalue weighted by Gasteiger charge is 2.16. The molecule has 2 rings (SSSR count). The zero-order chi connectivity index (χ0) is 11.4. The normalized spacial score (nSPS) is 23.0. The van der Waals surface area contributed by atoms with Gasteiger partial charge in [-0.1, -0.05) is 24.3 Å². The molecule has 0 amide bonds. The standard InChI is InChI=1S/C14H21NO/c1-11(16)14-7-3-2-6-13(14)9-12-5-4-8-15-10-12/h2-3,6-7,11-12,15-16H,4-5,8-10H2,1H3. The van der Waals surface area contributed by atoms with Gasteiger partial charge >= 0.3 is 0 Å². The van der Waals surface area contributed by atoms with Gasteiger partial charge in [0.25, 0.3) is 0 Å². The molecule has 2 unspecified atom stereocenters. The molecule has 1 fully saturated rings. The molecule has 1 aliphatic heterocycles. The minimum atomic E-state index is -0.354.